The van der Waals surface area contributed by atoms with Crippen LogP contribution >= 0.6 is 0 Å². The number of hydrogen-bond donors (Lipinski definition) is 1. The van der Waals surface area contributed by atoms with Crippen molar-refractivity contribution < 1.29 is 22.8 Å². The van der Waals surface area contributed by atoms with E-state index < -0.39 is 12.3 Å². The van der Waals surface area contributed by atoms with Gasteiger partial charge in [-0.1, -0.05) is 18.9 Å². The Hall–Kier alpha value is -3.63. The van der Waals surface area contributed by atoms with E-state index in [0.717, 1.165) is 31.2 Å². The van der Waals surface area contributed by atoms with Gasteiger partial charge in [0.15, 0.2) is 0 Å². The van der Waals surface area contributed by atoms with Gasteiger partial charge in [-0.2, -0.15) is 8.78 Å². The highest BCUT2D eigenvalue weighted by atomic mass is 19.3. The zero-order chi connectivity index (χ0) is 23.1. The molecule has 1 N–H and O–H groups in total. The lowest BCUT2D eigenvalue weighted by atomic mass is 9.89. The number of imidazole rings is 1. The lowest BCUT2D eigenvalue weighted by Crippen LogP contribution is -2.53. The van der Waals surface area contributed by atoms with E-state index >= 15 is 0 Å². The van der Waals surface area contributed by atoms with Gasteiger partial charge in [-0.3, -0.25) is 9.59 Å². The molecule has 1 saturated carbocycles. The van der Waals surface area contributed by atoms with Crippen molar-refractivity contribution >= 4 is 11.8 Å². The fourth-order valence-electron chi connectivity index (χ4n) is 4.63. The Morgan fingerprint density at radius 3 is 2.79 bits per heavy atom. The maximum absolute atomic E-state index is 13.3. The van der Waals surface area contributed by atoms with E-state index in [9.17, 15) is 18.4 Å². The molecule has 3 heterocycles. The highest BCUT2D eigenvalue weighted by Gasteiger charge is 2.39. The number of nitrogens with one attached hydrogen (secondary N) is 1. The summed E-state index contributed by atoms with van der Waals surface area (Å²) in [7, 11) is 1.76. The third-order valence-electron chi connectivity index (χ3n) is 6.31. The van der Waals surface area contributed by atoms with E-state index in [1.807, 2.05) is 0 Å². The van der Waals surface area contributed by atoms with Gasteiger partial charge in [0.1, 0.15) is 5.69 Å². The van der Waals surface area contributed by atoms with Crippen LogP contribution in [-0.4, -0.2) is 48.5 Å². The van der Waals surface area contributed by atoms with Gasteiger partial charge in [-0.05, 0) is 30.5 Å². The van der Waals surface area contributed by atoms with E-state index in [4.69, 9.17) is 4.42 Å². The predicted molar refractivity (Wildman–Crippen MR) is 111 cm³/mol. The first-order valence-electron chi connectivity index (χ1n) is 10.8. The van der Waals surface area contributed by atoms with E-state index in [-0.39, 0.29) is 29.8 Å². The molecule has 1 aliphatic carbocycles. The topological polar surface area (TPSA) is 106 Å². The molecule has 0 bridgehead atoms. The van der Waals surface area contributed by atoms with Crippen molar-refractivity contribution in [1.82, 2.24) is 30.0 Å². The van der Waals surface area contributed by atoms with Crippen LogP contribution in [0, 0.1) is 0 Å². The van der Waals surface area contributed by atoms with Crippen molar-refractivity contribution in [3.8, 4) is 11.5 Å². The molecule has 1 aromatic carbocycles. The van der Waals surface area contributed by atoms with Crippen LogP contribution in [0.1, 0.15) is 64.4 Å². The van der Waals surface area contributed by atoms with Gasteiger partial charge >= 0.3 is 6.43 Å². The molecule has 2 atom stereocenters. The number of benzene rings is 1. The van der Waals surface area contributed by atoms with Gasteiger partial charge in [0, 0.05) is 30.8 Å². The van der Waals surface area contributed by atoms with Crippen molar-refractivity contribution in [3.05, 3.63) is 53.4 Å². The van der Waals surface area contributed by atoms with Crippen molar-refractivity contribution in [2.24, 2.45) is 7.05 Å². The summed E-state index contributed by atoms with van der Waals surface area (Å²) in [5.41, 5.74) is 2.18. The maximum atomic E-state index is 13.3. The summed E-state index contributed by atoms with van der Waals surface area (Å²) < 4.78 is 32.2. The molecule has 1 aliphatic heterocycles. The van der Waals surface area contributed by atoms with Gasteiger partial charge in [-0.25, -0.2) is 4.98 Å². The van der Waals surface area contributed by atoms with Crippen LogP contribution < -0.4 is 5.32 Å². The monoisotopic (exact) mass is 456 g/mol. The van der Waals surface area contributed by atoms with Crippen LogP contribution in [0.4, 0.5) is 8.78 Å². The van der Waals surface area contributed by atoms with Gasteiger partial charge in [-0.15, -0.1) is 10.2 Å². The van der Waals surface area contributed by atoms with Crippen molar-refractivity contribution in [3.63, 3.8) is 0 Å². The van der Waals surface area contributed by atoms with Crippen LogP contribution in [0.2, 0.25) is 0 Å². The van der Waals surface area contributed by atoms with Gasteiger partial charge in [0.05, 0.1) is 18.6 Å². The minimum Gasteiger partial charge on any atom is -0.415 e. The number of halogens is 2. The molecule has 11 heteroatoms. The molecule has 9 nitrogen and oxygen atoms in total. The summed E-state index contributed by atoms with van der Waals surface area (Å²) in [4.78, 5) is 31.9. The standard InChI is InChI=1S/C22H22F2N6O3/c1-29-11-25-9-17(29)19(31)26-15-4-2-3-5-16(15)30-10-13-7-6-12(8-14(13)22(30)32)20-27-28-21(33-20)18(23)24/h6-9,11,15-16,18H,2-5,10H2,1H3,(H,26,31)/t15-,16-/m1/s1. The molecule has 0 spiro atoms. The Bertz CT molecular complexity index is 1210. The minimum absolute atomic E-state index is 0.0571. The van der Waals surface area contributed by atoms with Crippen molar-refractivity contribution in [2.45, 2.75) is 50.7 Å². The maximum Gasteiger partial charge on any atom is 0.314 e. The molecule has 172 valence electrons. The van der Waals surface area contributed by atoms with Crippen LogP contribution in [0.3, 0.4) is 0 Å². The number of aryl methyl sites for hydroxylation is 1. The van der Waals surface area contributed by atoms with Crippen molar-refractivity contribution in [2.75, 3.05) is 0 Å². The fourth-order valence-corrected chi connectivity index (χ4v) is 4.63. The zero-order valence-electron chi connectivity index (χ0n) is 17.9. The summed E-state index contributed by atoms with van der Waals surface area (Å²) in [6, 6.07) is 4.74. The molecule has 2 aromatic heterocycles. The molecule has 33 heavy (non-hydrogen) atoms. The third-order valence-corrected chi connectivity index (χ3v) is 6.31. The molecule has 0 unspecified atom stereocenters. The summed E-state index contributed by atoms with van der Waals surface area (Å²) >= 11 is 0. The molecule has 2 amide bonds. The molecule has 3 aromatic rings. The van der Waals surface area contributed by atoms with Crippen LogP contribution in [0.5, 0.6) is 0 Å². The third kappa shape index (κ3) is 3.87. The number of carbonyl (C=O) groups is 2. The first-order valence-corrected chi connectivity index (χ1v) is 10.8. The van der Waals surface area contributed by atoms with Crippen LogP contribution in [0.25, 0.3) is 11.5 Å². The van der Waals surface area contributed by atoms with E-state index in [0.29, 0.717) is 23.4 Å². The summed E-state index contributed by atoms with van der Waals surface area (Å²) in [6.45, 7) is 0.420. The molecular weight excluding hydrogens is 434 g/mol. The molecule has 1 fully saturated rings. The Morgan fingerprint density at radius 2 is 2.06 bits per heavy atom. The Kier molecular flexibility index (Phi) is 5.39. The number of carbonyl (C=O) groups excluding carboxylic acids is 2. The Labute approximate surface area is 187 Å². The van der Waals surface area contributed by atoms with E-state index in [1.165, 1.54) is 6.20 Å². The fraction of sp³-hybridized carbons (Fsp3) is 0.409. The van der Waals surface area contributed by atoms with E-state index in [2.05, 4.69) is 20.5 Å². The normalized spacial score (nSPS) is 20.4. The van der Waals surface area contributed by atoms with Crippen molar-refractivity contribution in [1.29, 1.82) is 0 Å². The molecule has 2 aliphatic rings. The number of aromatic nitrogens is 4. The molecule has 0 saturated heterocycles. The predicted octanol–water partition coefficient (Wildman–Crippen LogP) is 3.10. The lowest BCUT2D eigenvalue weighted by molar-refractivity contribution is 0.0581. The van der Waals surface area contributed by atoms with Crippen LogP contribution in [0.15, 0.2) is 35.1 Å². The highest BCUT2D eigenvalue weighted by Crippen LogP contribution is 2.34. The van der Waals surface area contributed by atoms with Gasteiger partial charge in [0.2, 0.25) is 5.89 Å². The number of amides is 2. The number of fused-ring (bicyclic) bond motifs is 1. The highest BCUT2D eigenvalue weighted by molar-refractivity contribution is 5.99. The first-order chi connectivity index (χ1) is 15.9. The van der Waals surface area contributed by atoms with Gasteiger partial charge in [0.25, 0.3) is 17.7 Å². The average molecular weight is 456 g/mol. The SMILES string of the molecule is Cn1cncc1C(=O)N[C@@H]1CCCC[C@H]1N1Cc2ccc(-c3nnc(C(F)F)o3)cc2C1=O. The average Bonchev–Trinajstić information content (AvgIpc) is 3.53. The summed E-state index contributed by atoms with van der Waals surface area (Å²) in [6.07, 6.45) is 3.72. The van der Waals surface area contributed by atoms with E-state index in [1.54, 1.807) is 41.0 Å². The summed E-state index contributed by atoms with van der Waals surface area (Å²) in [5, 5.41) is 10.1. The number of alkyl halides is 2. The zero-order valence-corrected chi connectivity index (χ0v) is 17.9. The largest absolute Gasteiger partial charge is 0.415 e. The minimum atomic E-state index is -2.86. The lowest BCUT2D eigenvalue weighted by Gasteiger charge is -2.38. The number of rotatable bonds is 5. The second-order valence-corrected chi connectivity index (χ2v) is 8.37. The Balaban J connectivity index is 1.36. The first kappa shape index (κ1) is 21.2. The Morgan fingerprint density at radius 1 is 1.24 bits per heavy atom. The van der Waals surface area contributed by atoms with Gasteiger partial charge < -0.3 is 19.2 Å². The number of hydrogen-bond acceptors (Lipinski definition) is 6. The van der Waals surface area contributed by atoms with Crippen LogP contribution in [-0.2, 0) is 13.6 Å². The quantitative estimate of drug-likeness (QED) is 0.632. The molecule has 0 radical (unpaired) electrons. The number of nitrogens with zero attached hydrogens (tertiary/aromatic N) is 5. The molecular formula is C22H22F2N6O3. The smallest absolute Gasteiger partial charge is 0.314 e. The second-order valence-electron chi connectivity index (χ2n) is 8.37. The second kappa shape index (κ2) is 8.38. The molecule has 5 rings (SSSR count). The summed E-state index contributed by atoms with van der Waals surface area (Å²) in [5.74, 6) is -1.19.